The van der Waals surface area contributed by atoms with Crippen LogP contribution >= 0.6 is 0 Å². The first-order valence-corrected chi connectivity index (χ1v) is 10.0. The number of aromatic nitrogens is 2. The minimum absolute atomic E-state index is 0.421. The van der Waals surface area contributed by atoms with Crippen LogP contribution in [0.4, 0.5) is 11.6 Å². The van der Waals surface area contributed by atoms with Crippen molar-refractivity contribution in [2.75, 3.05) is 25.6 Å². The van der Waals surface area contributed by atoms with Crippen LogP contribution in [0.3, 0.4) is 0 Å². The van der Waals surface area contributed by atoms with Crippen molar-refractivity contribution >= 4 is 11.6 Å². The molecule has 0 aliphatic rings. The highest BCUT2D eigenvalue weighted by Gasteiger charge is 2.08. The lowest BCUT2D eigenvalue weighted by atomic mass is 10.1. The summed E-state index contributed by atoms with van der Waals surface area (Å²) < 4.78 is 16.7. The fourth-order valence-electron chi connectivity index (χ4n) is 2.94. The summed E-state index contributed by atoms with van der Waals surface area (Å²) in [5.41, 5.74) is 3.52. The van der Waals surface area contributed by atoms with Crippen LogP contribution in [0.1, 0.15) is 12.0 Å². The number of rotatable bonds is 12. The highest BCUT2D eigenvalue weighted by Crippen LogP contribution is 2.26. The zero-order valence-electron chi connectivity index (χ0n) is 17.7. The first kappa shape index (κ1) is 22.1. The largest absolute Gasteiger partial charge is 0.496 e. The van der Waals surface area contributed by atoms with Gasteiger partial charge in [-0.25, -0.2) is 9.97 Å². The molecule has 0 saturated carbocycles. The molecule has 160 valence electrons. The summed E-state index contributed by atoms with van der Waals surface area (Å²) in [6.45, 7) is 8.87. The van der Waals surface area contributed by atoms with Crippen molar-refractivity contribution in [3.8, 4) is 22.8 Å². The van der Waals surface area contributed by atoms with Crippen LogP contribution in [0.15, 0.2) is 80.0 Å². The Kier molecular flexibility index (Phi) is 8.20. The lowest BCUT2D eigenvalue weighted by Crippen LogP contribution is -2.01. The zero-order chi connectivity index (χ0) is 21.9. The molecule has 6 heteroatoms. The predicted octanol–water partition coefficient (Wildman–Crippen LogP) is 5.55. The minimum atomic E-state index is 0.421. The van der Waals surface area contributed by atoms with Crippen molar-refractivity contribution in [1.82, 2.24) is 9.97 Å². The second-order valence-electron chi connectivity index (χ2n) is 6.67. The van der Waals surface area contributed by atoms with E-state index in [2.05, 4.69) is 28.4 Å². The highest BCUT2D eigenvalue weighted by atomic mass is 16.5. The maximum Gasteiger partial charge on any atom is 0.227 e. The Balaban J connectivity index is 1.76. The van der Waals surface area contributed by atoms with Crippen LogP contribution in [-0.2, 0) is 11.3 Å². The van der Waals surface area contributed by atoms with E-state index in [-0.39, 0.29) is 0 Å². The summed E-state index contributed by atoms with van der Waals surface area (Å²) in [6, 6.07) is 15.5. The lowest BCUT2D eigenvalue weighted by Gasteiger charge is -2.12. The van der Waals surface area contributed by atoms with E-state index in [0.29, 0.717) is 25.8 Å². The number of methoxy groups -OCH3 is 1. The number of benzene rings is 2. The maximum atomic E-state index is 5.75. The van der Waals surface area contributed by atoms with Crippen LogP contribution in [-0.4, -0.2) is 30.3 Å². The third-order valence-electron chi connectivity index (χ3n) is 4.41. The van der Waals surface area contributed by atoms with Crippen molar-refractivity contribution in [1.29, 1.82) is 0 Å². The summed E-state index contributed by atoms with van der Waals surface area (Å²) in [6.07, 6.45) is 6.08. The number of anilines is 2. The molecule has 2 aromatic carbocycles. The quantitative estimate of drug-likeness (QED) is 0.308. The van der Waals surface area contributed by atoms with Gasteiger partial charge in [-0.2, -0.15) is 0 Å². The number of nitrogens with zero attached hydrogens (tertiary/aromatic N) is 2. The standard InChI is InChI=1S/C25H27N3O3/c1-4-6-15-31-22-9-7-8-19(17-22)23-12-13-26-25(28-23)27-21-10-11-24(29-3)20(16-21)18-30-14-5-2/h4-5,7-13,16-17H,1-2,6,14-15,18H2,3H3,(H,26,27,28). The van der Waals surface area contributed by atoms with Gasteiger partial charge in [-0.05, 0) is 42.8 Å². The van der Waals surface area contributed by atoms with Gasteiger partial charge in [-0.3, -0.25) is 0 Å². The van der Waals surface area contributed by atoms with Gasteiger partial charge < -0.3 is 19.5 Å². The number of hydrogen-bond donors (Lipinski definition) is 1. The van der Waals surface area contributed by atoms with Gasteiger partial charge in [0.05, 0.1) is 32.6 Å². The molecular formula is C25H27N3O3. The Bertz CT molecular complexity index is 1020. The molecule has 3 aromatic rings. The van der Waals surface area contributed by atoms with Crippen LogP contribution < -0.4 is 14.8 Å². The summed E-state index contributed by atoms with van der Waals surface area (Å²) in [4.78, 5) is 9.00. The smallest absolute Gasteiger partial charge is 0.227 e. The van der Waals surface area contributed by atoms with Crippen molar-refractivity contribution < 1.29 is 14.2 Å². The van der Waals surface area contributed by atoms with E-state index < -0.39 is 0 Å². The lowest BCUT2D eigenvalue weighted by molar-refractivity contribution is 0.146. The van der Waals surface area contributed by atoms with Gasteiger partial charge in [-0.15, -0.1) is 13.2 Å². The fourth-order valence-corrected chi connectivity index (χ4v) is 2.94. The number of ether oxygens (including phenoxy) is 3. The highest BCUT2D eigenvalue weighted by molar-refractivity contribution is 5.64. The first-order chi connectivity index (χ1) is 15.2. The normalized spacial score (nSPS) is 10.4. The van der Waals surface area contributed by atoms with E-state index in [4.69, 9.17) is 14.2 Å². The zero-order valence-corrected chi connectivity index (χ0v) is 17.7. The summed E-state index contributed by atoms with van der Waals surface area (Å²) in [5, 5.41) is 3.26. The van der Waals surface area contributed by atoms with Crippen molar-refractivity contribution in [2.45, 2.75) is 13.0 Å². The number of hydrogen-bond acceptors (Lipinski definition) is 6. The van der Waals surface area contributed by atoms with Crippen LogP contribution in [0.25, 0.3) is 11.3 Å². The Morgan fingerprint density at radius 1 is 1.06 bits per heavy atom. The minimum Gasteiger partial charge on any atom is -0.496 e. The summed E-state index contributed by atoms with van der Waals surface area (Å²) in [5.74, 6) is 2.06. The Morgan fingerprint density at radius 3 is 2.77 bits per heavy atom. The van der Waals surface area contributed by atoms with Crippen LogP contribution in [0, 0.1) is 0 Å². The number of nitrogens with one attached hydrogen (secondary N) is 1. The molecule has 0 amide bonds. The molecule has 1 heterocycles. The SMILES string of the molecule is C=CCCOc1cccc(-c2ccnc(Nc3ccc(OC)c(COCC=C)c3)n2)c1. The first-order valence-electron chi connectivity index (χ1n) is 10.0. The molecule has 31 heavy (non-hydrogen) atoms. The molecule has 0 atom stereocenters. The second kappa shape index (κ2) is 11.5. The monoisotopic (exact) mass is 417 g/mol. The van der Waals surface area contributed by atoms with Crippen molar-refractivity contribution in [3.05, 3.63) is 85.6 Å². The van der Waals surface area contributed by atoms with Gasteiger partial charge in [-0.1, -0.05) is 24.3 Å². The van der Waals surface area contributed by atoms with Gasteiger partial charge in [0.15, 0.2) is 0 Å². The van der Waals surface area contributed by atoms with E-state index in [1.807, 2.05) is 54.6 Å². The average Bonchev–Trinajstić information content (AvgIpc) is 2.80. The molecular weight excluding hydrogens is 390 g/mol. The Morgan fingerprint density at radius 2 is 1.97 bits per heavy atom. The Hall–Kier alpha value is -3.64. The van der Waals surface area contributed by atoms with Gasteiger partial charge >= 0.3 is 0 Å². The average molecular weight is 418 g/mol. The van der Waals surface area contributed by atoms with E-state index in [9.17, 15) is 0 Å². The molecule has 1 aromatic heterocycles. The van der Waals surface area contributed by atoms with Crippen molar-refractivity contribution in [2.24, 2.45) is 0 Å². The third-order valence-corrected chi connectivity index (χ3v) is 4.41. The molecule has 0 aliphatic carbocycles. The van der Waals surface area contributed by atoms with E-state index in [1.54, 1.807) is 19.4 Å². The van der Waals surface area contributed by atoms with Gasteiger partial charge in [0, 0.05) is 23.0 Å². The topological polar surface area (TPSA) is 65.5 Å². The van der Waals surface area contributed by atoms with Gasteiger partial charge in [0.2, 0.25) is 5.95 Å². The molecule has 0 unspecified atom stereocenters. The third kappa shape index (κ3) is 6.42. The van der Waals surface area contributed by atoms with Gasteiger partial charge in [0.1, 0.15) is 11.5 Å². The second-order valence-corrected chi connectivity index (χ2v) is 6.67. The maximum absolute atomic E-state index is 5.75. The van der Waals surface area contributed by atoms with Crippen LogP contribution in [0.5, 0.6) is 11.5 Å². The molecule has 1 N–H and O–H groups in total. The fraction of sp³-hybridized carbons (Fsp3) is 0.200. The Labute approximate surface area is 183 Å². The molecule has 3 rings (SSSR count). The van der Waals surface area contributed by atoms with Crippen molar-refractivity contribution in [3.63, 3.8) is 0 Å². The van der Waals surface area contributed by atoms with E-state index in [0.717, 1.165) is 40.4 Å². The molecule has 0 radical (unpaired) electrons. The molecule has 0 saturated heterocycles. The molecule has 0 spiro atoms. The molecule has 0 aliphatic heterocycles. The molecule has 6 nitrogen and oxygen atoms in total. The van der Waals surface area contributed by atoms with E-state index >= 15 is 0 Å². The van der Waals surface area contributed by atoms with E-state index in [1.165, 1.54) is 0 Å². The summed E-state index contributed by atoms with van der Waals surface area (Å²) >= 11 is 0. The molecule has 0 bridgehead atoms. The predicted molar refractivity (Wildman–Crippen MR) is 124 cm³/mol. The van der Waals surface area contributed by atoms with Crippen LogP contribution in [0.2, 0.25) is 0 Å². The van der Waals surface area contributed by atoms with Gasteiger partial charge in [0.25, 0.3) is 0 Å². The molecule has 0 fully saturated rings. The summed E-state index contributed by atoms with van der Waals surface area (Å²) in [7, 11) is 1.64.